The zero-order valence-electron chi connectivity index (χ0n) is 20.7. The number of aliphatic hydroxyl groups excluding tert-OH is 1. The number of rotatable bonds is 6. The molecule has 1 unspecified atom stereocenters. The van der Waals surface area contributed by atoms with Crippen LogP contribution in [0, 0.1) is 11.3 Å². The van der Waals surface area contributed by atoms with Gasteiger partial charge in [0.05, 0.1) is 11.7 Å². The summed E-state index contributed by atoms with van der Waals surface area (Å²) in [6, 6.07) is 5.75. The summed E-state index contributed by atoms with van der Waals surface area (Å²) in [7, 11) is 0. The van der Waals surface area contributed by atoms with Gasteiger partial charge in [-0.25, -0.2) is 9.78 Å². The quantitative estimate of drug-likeness (QED) is 0.515. The highest BCUT2D eigenvalue weighted by atomic mass is 16.5. The first-order valence-electron chi connectivity index (χ1n) is 11.5. The van der Waals surface area contributed by atoms with Gasteiger partial charge >= 0.3 is 5.97 Å². The predicted molar refractivity (Wildman–Crippen MR) is 133 cm³/mol. The van der Waals surface area contributed by atoms with Gasteiger partial charge in [-0.05, 0) is 43.5 Å². The van der Waals surface area contributed by atoms with Crippen molar-refractivity contribution in [2.75, 3.05) is 44.2 Å². The number of esters is 1. The molecule has 0 spiro atoms. The van der Waals surface area contributed by atoms with Crippen LogP contribution in [0.15, 0.2) is 53.8 Å². The van der Waals surface area contributed by atoms with E-state index in [1.807, 2.05) is 33.8 Å². The number of nitrogens with zero attached hydrogens (tertiary/aromatic N) is 4. The van der Waals surface area contributed by atoms with E-state index in [-0.39, 0.29) is 5.97 Å². The smallest absolute Gasteiger partial charge is 0.334 e. The summed E-state index contributed by atoms with van der Waals surface area (Å²) in [5.41, 5.74) is 4.05. The van der Waals surface area contributed by atoms with Gasteiger partial charge in [-0.3, -0.25) is 4.90 Å². The number of ether oxygens (including phenoxy) is 1. The van der Waals surface area contributed by atoms with E-state index in [2.05, 4.69) is 34.0 Å². The lowest BCUT2D eigenvalue weighted by Gasteiger charge is -2.36. The second-order valence-corrected chi connectivity index (χ2v) is 7.50. The van der Waals surface area contributed by atoms with Crippen LogP contribution in [0.5, 0.6) is 0 Å². The Bertz CT molecular complexity index is 876. The molecule has 3 rings (SSSR count). The van der Waals surface area contributed by atoms with Crippen molar-refractivity contribution in [1.82, 2.24) is 9.88 Å². The van der Waals surface area contributed by atoms with Gasteiger partial charge in [0.1, 0.15) is 18.5 Å². The molecule has 0 aromatic carbocycles. The van der Waals surface area contributed by atoms with Crippen LogP contribution in [0.25, 0.3) is 0 Å². The number of aliphatic hydroxyl groups is 1. The van der Waals surface area contributed by atoms with Crippen molar-refractivity contribution >= 4 is 11.8 Å². The standard InChI is InChI=1S/C22H28N4O3.C2H6.C2H4/c1-4-18(15(2)19-14-29-22(28)16(19)3)20(27)13-25-7-9-26(10-8-25)21-6-5-17(11-23)12-24-21;2*1-2/h5-6,12,20,27H,4,7-10,13-14H2,1-3H3;1-2H3;1-2H2/b18-15+;;. The van der Waals surface area contributed by atoms with Gasteiger partial charge in [0.25, 0.3) is 0 Å². The summed E-state index contributed by atoms with van der Waals surface area (Å²) in [5.74, 6) is 0.610. The van der Waals surface area contributed by atoms with Crippen molar-refractivity contribution in [3.05, 3.63) is 59.3 Å². The summed E-state index contributed by atoms with van der Waals surface area (Å²) < 4.78 is 5.12. The molecule has 1 aromatic heterocycles. The van der Waals surface area contributed by atoms with E-state index in [0.29, 0.717) is 24.3 Å². The van der Waals surface area contributed by atoms with Crippen LogP contribution in [0.1, 0.15) is 46.6 Å². The highest BCUT2D eigenvalue weighted by Gasteiger charge is 2.26. The third-order valence-corrected chi connectivity index (χ3v) is 5.83. The van der Waals surface area contributed by atoms with Gasteiger partial charge in [-0.2, -0.15) is 5.26 Å². The Morgan fingerprint density at radius 3 is 2.36 bits per heavy atom. The minimum Gasteiger partial charge on any atom is -0.457 e. The Hall–Kier alpha value is -2.95. The Labute approximate surface area is 198 Å². The number of nitriles is 1. The number of carbonyl (C=O) groups excluding carboxylic acids is 1. The maximum absolute atomic E-state index is 11.7. The van der Waals surface area contributed by atoms with Crippen LogP contribution in [0.2, 0.25) is 0 Å². The summed E-state index contributed by atoms with van der Waals surface area (Å²) in [6.45, 7) is 20.0. The largest absolute Gasteiger partial charge is 0.457 e. The molecule has 1 fully saturated rings. The average molecular weight is 455 g/mol. The van der Waals surface area contributed by atoms with E-state index in [0.717, 1.165) is 55.1 Å². The van der Waals surface area contributed by atoms with Gasteiger partial charge in [0.15, 0.2) is 0 Å². The summed E-state index contributed by atoms with van der Waals surface area (Å²) in [6.07, 6.45) is 1.75. The van der Waals surface area contributed by atoms with Gasteiger partial charge in [0.2, 0.25) is 0 Å². The molecule has 7 nitrogen and oxygen atoms in total. The number of hydrogen-bond acceptors (Lipinski definition) is 7. The first-order chi connectivity index (χ1) is 15.9. The molecule has 2 aliphatic rings. The molecule has 3 heterocycles. The number of β-amino-alcohol motifs (C(OH)–C–C–N with tert-alkyl or cyclic N) is 1. The number of aromatic nitrogens is 1. The van der Waals surface area contributed by atoms with Crippen molar-refractivity contribution in [1.29, 1.82) is 5.26 Å². The van der Waals surface area contributed by atoms with Crippen LogP contribution in [-0.2, 0) is 9.53 Å². The molecule has 0 aliphatic carbocycles. The first kappa shape index (κ1) is 28.1. The molecule has 0 bridgehead atoms. The minimum absolute atomic E-state index is 0.267. The van der Waals surface area contributed by atoms with E-state index in [1.165, 1.54) is 0 Å². The fourth-order valence-electron chi connectivity index (χ4n) is 3.97. The summed E-state index contributed by atoms with van der Waals surface area (Å²) in [4.78, 5) is 20.5. The van der Waals surface area contributed by atoms with Crippen LogP contribution < -0.4 is 4.90 Å². The first-order valence-corrected chi connectivity index (χ1v) is 11.5. The second kappa shape index (κ2) is 14.2. The molecule has 2 aliphatic heterocycles. The molecule has 7 heteroatoms. The van der Waals surface area contributed by atoms with Crippen molar-refractivity contribution in [3.63, 3.8) is 0 Å². The van der Waals surface area contributed by atoms with Crippen LogP contribution in [0.4, 0.5) is 5.82 Å². The van der Waals surface area contributed by atoms with Gasteiger partial charge in [-0.15, -0.1) is 13.2 Å². The molecule has 0 amide bonds. The highest BCUT2D eigenvalue weighted by Crippen LogP contribution is 2.27. The molecular formula is C26H38N4O3. The lowest BCUT2D eigenvalue weighted by atomic mass is 9.93. The molecular weight excluding hydrogens is 416 g/mol. The zero-order chi connectivity index (χ0) is 25.0. The fourth-order valence-corrected chi connectivity index (χ4v) is 3.97. The number of hydrogen-bond donors (Lipinski definition) is 1. The van der Waals surface area contributed by atoms with Crippen molar-refractivity contribution < 1.29 is 14.6 Å². The van der Waals surface area contributed by atoms with Gasteiger partial charge in [-0.1, -0.05) is 20.8 Å². The molecule has 33 heavy (non-hydrogen) atoms. The van der Waals surface area contributed by atoms with Crippen LogP contribution in [0.3, 0.4) is 0 Å². The topological polar surface area (TPSA) is 89.7 Å². The number of pyridine rings is 1. The summed E-state index contributed by atoms with van der Waals surface area (Å²) >= 11 is 0. The maximum Gasteiger partial charge on any atom is 0.334 e. The van der Waals surface area contributed by atoms with Crippen LogP contribution in [-0.4, -0.2) is 66.4 Å². The molecule has 1 saturated heterocycles. The third-order valence-electron chi connectivity index (χ3n) is 5.83. The van der Waals surface area contributed by atoms with E-state index in [4.69, 9.17) is 10.00 Å². The predicted octanol–water partition coefficient (Wildman–Crippen LogP) is 3.86. The Kier molecular flexibility index (Phi) is 12.1. The molecule has 1 N–H and O–H groups in total. The van der Waals surface area contributed by atoms with Crippen LogP contribution >= 0.6 is 0 Å². The monoisotopic (exact) mass is 454 g/mol. The minimum atomic E-state index is -0.574. The lowest BCUT2D eigenvalue weighted by Crippen LogP contribution is -2.49. The van der Waals surface area contributed by atoms with Crippen molar-refractivity contribution in [2.45, 2.75) is 47.1 Å². The number of carbonyl (C=O) groups is 1. The Morgan fingerprint density at radius 2 is 1.91 bits per heavy atom. The summed E-state index contributed by atoms with van der Waals surface area (Å²) in [5, 5.41) is 19.8. The SMILES string of the molecule is C=C.CC.CC/C(=C(/C)C1=C(C)C(=O)OC1)C(O)CN1CCN(c2ccc(C#N)cn2)CC1. The average Bonchev–Trinajstić information content (AvgIpc) is 3.20. The maximum atomic E-state index is 11.7. The second-order valence-electron chi connectivity index (χ2n) is 7.50. The molecule has 1 aromatic rings. The van der Waals surface area contributed by atoms with E-state index in [9.17, 15) is 9.90 Å². The van der Waals surface area contributed by atoms with Gasteiger partial charge in [0, 0.05) is 50.1 Å². The third kappa shape index (κ3) is 7.28. The number of cyclic esters (lactones) is 1. The molecule has 0 saturated carbocycles. The van der Waals surface area contributed by atoms with Gasteiger partial charge < -0.3 is 14.7 Å². The number of piperazine rings is 1. The van der Waals surface area contributed by atoms with E-state index < -0.39 is 6.10 Å². The fraction of sp³-hybridized carbons (Fsp3) is 0.500. The van der Waals surface area contributed by atoms with Crippen molar-refractivity contribution in [3.8, 4) is 6.07 Å². The van der Waals surface area contributed by atoms with Crippen molar-refractivity contribution in [2.24, 2.45) is 0 Å². The highest BCUT2D eigenvalue weighted by molar-refractivity contribution is 5.92. The Balaban J connectivity index is 0.00000129. The molecule has 1 atom stereocenters. The lowest BCUT2D eigenvalue weighted by molar-refractivity contribution is -0.135. The molecule has 0 radical (unpaired) electrons. The molecule has 180 valence electrons. The number of anilines is 1. The zero-order valence-corrected chi connectivity index (χ0v) is 20.7. The van der Waals surface area contributed by atoms with E-state index >= 15 is 0 Å². The Morgan fingerprint density at radius 1 is 1.27 bits per heavy atom. The normalized spacial score (nSPS) is 17.6. The van der Waals surface area contributed by atoms with E-state index in [1.54, 1.807) is 19.2 Å².